The van der Waals surface area contributed by atoms with Crippen LogP contribution in [0.5, 0.6) is 0 Å². The van der Waals surface area contributed by atoms with Gasteiger partial charge in [-0.1, -0.05) is 41.4 Å². The Bertz CT molecular complexity index is 1470. The number of amides is 1. The Morgan fingerprint density at radius 2 is 1.75 bits per heavy atom. The second-order valence-corrected chi connectivity index (χ2v) is 10.4. The van der Waals surface area contributed by atoms with Crippen molar-refractivity contribution in [2.75, 3.05) is 5.32 Å². The summed E-state index contributed by atoms with van der Waals surface area (Å²) in [4.78, 5) is 23.7. The molecule has 5 nitrogen and oxygen atoms in total. The smallest absolute Gasteiger partial charge is 0.254 e. The van der Waals surface area contributed by atoms with Gasteiger partial charge in [-0.2, -0.15) is 0 Å². The lowest BCUT2D eigenvalue weighted by Crippen LogP contribution is -2.32. The SMILES string of the molecule is O=C(c1cc(Cl)cc(Cl)c1)N(Cc1cccc(-c2cc(F)c3ncnc(NC4CC4)c3c2)c1)C1CC1. The Kier molecular flexibility index (Phi) is 6.02. The molecule has 1 N–H and O–H groups in total. The van der Waals surface area contributed by atoms with Crippen molar-refractivity contribution in [1.29, 1.82) is 0 Å². The van der Waals surface area contributed by atoms with Crippen molar-refractivity contribution in [3.8, 4) is 11.1 Å². The summed E-state index contributed by atoms with van der Waals surface area (Å²) in [5.74, 6) is 0.170. The lowest BCUT2D eigenvalue weighted by Gasteiger charge is -2.23. The highest BCUT2D eigenvalue weighted by Crippen LogP contribution is 2.34. The van der Waals surface area contributed by atoms with E-state index in [4.69, 9.17) is 23.2 Å². The molecule has 2 aliphatic rings. The number of fused-ring (bicyclic) bond motifs is 1. The monoisotopic (exact) mass is 520 g/mol. The van der Waals surface area contributed by atoms with E-state index in [1.807, 2.05) is 35.2 Å². The normalized spacial score (nSPS) is 15.2. The van der Waals surface area contributed by atoms with Gasteiger partial charge in [-0.15, -0.1) is 0 Å². The van der Waals surface area contributed by atoms with Crippen LogP contribution in [0.3, 0.4) is 0 Å². The molecule has 0 atom stereocenters. The summed E-state index contributed by atoms with van der Waals surface area (Å²) in [5, 5.41) is 4.90. The predicted octanol–water partition coefficient (Wildman–Crippen LogP) is 7.12. The number of hydrogen-bond acceptors (Lipinski definition) is 4. The molecule has 0 spiro atoms. The number of benzene rings is 3. The van der Waals surface area contributed by atoms with Gasteiger partial charge in [0.25, 0.3) is 5.91 Å². The summed E-state index contributed by atoms with van der Waals surface area (Å²) in [5.41, 5.74) is 3.34. The van der Waals surface area contributed by atoms with Gasteiger partial charge in [-0.3, -0.25) is 4.79 Å². The minimum atomic E-state index is -0.387. The maximum atomic E-state index is 15.1. The van der Waals surface area contributed by atoms with Crippen LogP contribution in [0.4, 0.5) is 10.2 Å². The molecular weight excluding hydrogens is 498 g/mol. The number of rotatable bonds is 7. The highest BCUT2D eigenvalue weighted by Gasteiger charge is 2.33. The molecule has 4 aromatic rings. The Morgan fingerprint density at radius 3 is 2.47 bits per heavy atom. The van der Waals surface area contributed by atoms with E-state index in [1.165, 1.54) is 12.4 Å². The van der Waals surface area contributed by atoms with Crippen LogP contribution in [0.25, 0.3) is 22.0 Å². The van der Waals surface area contributed by atoms with Gasteiger partial charge >= 0.3 is 0 Å². The molecule has 0 saturated heterocycles. The number of carbonyl (C=O) groups excluding carboxylic acids is 1. The van der Waals surface area contributed by atoms with Gasteiger partial charge in [-0.25, -0.2) is 14.4 Å². The summed E-state index contributed by atoms with van der Waals surface area (Å²) < 4.78 is 15.1. The second-order valence-electron chi connectivity index (χ2n) is 9.52. The van der Waals surface area contributed by atoms with Gasteiger partial charge in [0, 0.05) is 39.6 Å². The zero-order valence-corrected chi connectivity index (χ0v) is 20.9. The van der Waals surface area contributed by atoms with Crippen molar-refractivity contribution >= 4 is 45.8 Å². The minimum Gasteiger partial charge on any atom is -0.367 e. The van der Waals surface area contributed by atoms with Crippen LogP contribution in [0.1, 0.15) is 41.6 Å². The lowest BCUT2D eigenvalue weighted by atomic mass is 10.0. The van der Waals surface area contributed by atoms with Gasteiger partial charge < -0.3 is 10.2 Å². The maximum absolute atomic E-state index is 15.1. The fourth-order valence-electron chi connectivity index (χ4n) is 4.47. The number of carbonyl (C=O) groups is 1. The molecule has 0 radical (unpaired) electrons. The van der Waals surface area contributed by atoms with Crippen molar-refractivity contribution in [1.82, 2.24) is 14.9 Å². The lowest BCUT2D eigenvalue weighted by molar-refractivity contribution is 0.0730. The first kappa shape index (κ1) is 23.2. The van der Waals surface area contributed by atoms with Crippen molar-refractivity contribution in [2.45, 2.75) is 44.3 Å². The summed E-state index contributed by atoms with van der Waals surface area (Å²) in [7, 11) is 0. The first-order chi connectivity index (χ1) is 17.4. The number of aromatic nitrogens is 2. The third-order valence-electron chi connectivity index (χ3n) is 6.58. The highest BCUT2D eigenvalue weighted by molar-refractivity contribution is 6.35. The highest BCUT2D eigenvalue weighted by atomic mass is 35.5. The molecule has 1 aromatic heterocycles. The Labute approximate surface area is 218 Å². The van der Waals surface area contributed by atoms with Crippen LogP contribution in [0.15, 0.2) is 60.9 Å². The molecule has 0 aliphatic heterocycles. The molecule has 182 valence electrons. The first-order valence-electron chi connectivity index (χ1n) is 12.0. The Morgan fingerprint density at radius 1 is 0.972 bits per heavy atom. The molecular formula is C28H23Cl2FN4O. The summed E-state index contributed by atoms with van der Waals surface area (Å²) in [6.07, 6.45) is 5.51. The van der Waals surface area contributed by atoms with Crippen LogP contribution >= 0.6 is 23.2 Å². The zero-order chi connectivity index (χ0) is 24.8. The topological polar surface area (TPSA) is 58.1 Å². The Hall–Kier alpha value is -3.22. The van der Waals surface area contributed by atoms with Gasteiger partial charge in [0.15, 0.2) is 0 Å². The third-order valence-corrected chi connectivity index (χ3v) is 7.02. The number of nitrogens with one attached hydrogen (secondary N) is 1. The molecule has 0 bridgehead atoms. The van der Waals surface area contributed by atoms with Crippen molar-refractivity contribution in [3.05, 3.63) is 87.9 Å². The van der Waals surface area contributed by atoms with Crippen molar-refractivity contribution in [2.24, 2.45) is 0 Å². The zero-order valence-electron chi connectivity index (χ0n) is 19.3. The molecule has 3 aromatic carbocycles. The molecule has 1 heterocycles. The van der Waals surface area contributed by atoms with Gasteiger partial charge in [0.05, 0.1) is 0 Å². The van der Waals surface area contributed by atoms with E-state index in [0.29, 0.717) is 44.9 Å². The second kappa shape index (κ2) is 9.34. The minimum absolute atomic E-state index is 0.100. The van der Waals surface area contributed by atoms with E-state index in [0.717, 1.165) is 42.4 Å². The summed E-state index contributed by atoms with van der Waals surface area (Å²) >= 11 is 12.3. The van der Waals surface area contributed by atoms with Gasteiger partial charge in [-0.05, 0) is 78.8 Å². The number of hydrogen-bond donors (Lipinski definition) is 1. The number of halogens is 3. The van der Waals surface area contributed by atoms with Gasteiger partial charge in [0.2, 0.25) is 0 Å². The molecule has 2 saturated carbocycles. The van der Waals surface area contributed by atoms with E-state index < -0.39 is 0 Å². The maximum Gasteiger partial charge on any atom is 0.254 e. The number of anilines is 1. The van der Waals surface area contributed by atoms with E-state index >= 15 is 4.39 Å². The van der Waals surface area contributed by atoms with Crippen LogP contribution in [-0.4, -0.2) is 32.9 Å². The molecule has 2 fully saturated rings. The molecule has 6 rings (SSSR count). The van der Waals surface area contributed by atoms with E-state index in [-0.39, 0.29) is 17.8 Å². The summed E-state index contributed by atoms with van der Waals surface area (Å²) in [6, 6.07) is 16.8. The average molecular weight is 521 g/mol. The standard InChI is InChI=1S/C28H23Cl2FN4O/c29-20-9-19(10-21(30)13-20)28(36)35(23-6-7-23)14-16-2-1-3-17(8-16)18-11-24-26(25(31)12-18)32-15-33-27(24)34-22-4-5-22/h1-3,8-13,15,22-23H,4-7,14H2,(H,32,33,34). The van der Waals surface area contributed by atoms with Crippen molar-refractivity contribution in [3.63, 3.8) is 0 Å². The first-order valence-corrected chi connectivity index (χ1v) is 12.8. The average Bonchev–Trinajstić information content (AvgIpc) is 3.78. The van der Waals surface area contributed by atoms with Crippen molar-refractivity contribution < 1.29 is 9.18 Å². The number of nitrogens with zero attached hydrogens (tertiary/aromatic N) is 3. The van der Waals surface area contributed by atoms with Gasteiger partial charge in [0.1, 0.15) is 23.5 Å². The van der Waals surface area contributed by atoms with Crippen LogP contribution < -0.4 is 5.32 Å². The molecule has 36 heavy (non-hydrogen) atoms. The predicted molar refractivity (Wildman–Crippen MR) is 141 cm³/mol. The third kappa shape index (κ3) is 4.88. The van der Waals surface area contributed by atoms with Crippen LogP contribution in [0, 0.1) is 5.82 Å². The largest absolute Gasteiger partial charge is 0.367 e. The fourth-order valence-corrected chi connectivity index (χ4v) is 5.00. The molecule has 0 unspecified atom stereocenters. The van der Waals surface area contributed by atoms with E-state index in [1.54, 1.807) is 18.2 Å². The van der Waals surface area contributed by atoms with E-state index in [9.17, 15) is 4.79 Å². The Balaban J connectivity index is 1.31. The quantitative estimate of drug-likeness (QED) is 0.281. The summed E-state index contributed by atoms with van der Waals surface area (Å²) in [6.45, 7) is 0.440. The molecule has 2 aliphatic carbocycles. The van der Waals surface area contributed by atoms with Crippen LogP contribution in [0.2, 0.25) is 10.0 Å². The van der Waals surface area contributed by atoms with Crippen LogP contribution in [-0.2, 0) is 6.54 Å². The van der Waals surface area contributed by atoms with E-state index in [2.05, 4.69) is 15.3 Å². The molecule has 1 amide bonds. The fraction of sp³-hybridized carbons (Fsp3) is 0.250. The molecule has 8 heteroatoms.